The van der Waals surface area contributed by atoms with Crippen LogP contribution in [0.4, 0.5) is 5.69 Å². The highest BCUT2D eigenvalue weighted by atomic mass is 32.2. The van der Waals surface area contributed by atoms with Crippen LogP contribution in [0.15, 0.2) is 52.2 Å². The molecule has 1 N–H and O–H groups in total. The summed E-state index contributed by atoms with van der Waals surface area (Å²) in [7, 11) is -0.347. The molecule has 1 aromatic carbocycles. The number of thiazole rings is 1. The fraction of sp³-hybridized carbons (Fsp3) is 0.423. The van der Waals surface area contributed by atoms with E-state index in [1.807, 2.05) is 37.4 Å². The summed E-state index contributed by atoms with van der Waals surface area (Å²) in [5.41, 5.74) is 2.18. The summed E-state index contributed by atoms with van der Waals surface area (Å²) < 4.78 is 45.0. The quantitative estimate of drug-likeness (QED) is 0.193. The number of rotatable bonds is 16. The Morgan fingerprint density at radius 2 is 1.82 bits per heavy atom. The molecule has 0 fully saturated rings. The Labute approximate surface area is 232 Å². The first-order valence-corrected chi connectivity index (χ1v) is 15.5. The van der Waals surface area contributed by atoms with Crippen LogP contribution in [0.3, 0.4) is 0 Å². The molecule has 0 aliphatic rings. The van der Waals surface area contributed by atoms with Gasteiger partial charge in [-0.25, -0.2) is 13.4 Å². The molecule has 3 heterocycles. The number of ether oxygens (including phenoxy) is 3. The number of thiophene rings is 1. The molecule has 0 saturated carbocycles. The van der Waals surface area contributed by atoms with Gasteiger partial charge < -0.3 is 19.2 Å². The van der Waals surface area contributed by atoms with Crippen LogP contribution in [-0.2, 0) is 30.8 Å². The monoisotopic (exact) mass is 578 g/mol. The van der Waals surface area contributed by atoms with Gasteiger partial charge in [-0.05, 0) is 30.5 Å². The molecule has 0 aliphatic heterocycles. The van der Waals surface area contributed by atoms with Gasteiger partial charge in [0, 0.05) is 56.9 Å². The molecular weight excluding hydrogens is 545 g/mol. The minimum absolute atomic E-state index is 0.210. The van der Waals surface area contributed by atoms with Crippen LogP contribution in [0, 0.1) is 0 Å². The molecule has 0 atom stereocenters. The molecule has 4 aromatic rings. The number of hydrogen-bond acceptors (Lipinski definition) is 9. The number of methoxy groups -OCH3 is 2. The fourth-order valence-electron chi connectivity index (χ4n) is 4.08. The number of aromatic amines is 1. The van der Waals surface area contributed by atoms with Gasteiger partial charge >= 0.3 is 0 Å². The number of anilines is 1. The average Bonchev–Trinajstić information content (AvgIpc) is 3.69. The number of para-hydroxylation sites is 1. The van der Waals surface area contributed by atoms with Crippen molar-refractivity contribution in [2.45, 2.75) is 17.7 Å². The first-order chi connectivity index (χ1) is 18.5. The van der Waals surface area contributed by atoms with Gasteiger partial charge in [-0.15, -0.1) is 22.7 Å². The third kappa shape index (κ3) is 6.81. The van der Waals surface area contributed by atoms with E-state index in [9.17, 15) is 8.42 Å². The Morgan fingerprint density at radius 1 is 1.03 bits per heavy atom. The molecule has 9 nitrogen and oxygen atoms in total. The number of hydrogen-bond donors (Lipinski definition) is 1. The van der Waals surface area contributed by atoms with Gasteiger partial charge in [-0.3, -0.25) is 9.21 Å². The summed E-state index contributed by atoms with van der Waals surface area (Å²) in [5, 5.41) is 3.54. The topological polar surface area (TPSA) is 97.0 Å². The molecule has 0 bridgehead atoms. The van der Waals surface area contributed by atoms with Crippen LogP contribution in [0.5, 0.6) is 0 Å². The zero-order valence-corrected chi connectivity index (χ0v) is 24.3. The molecule has 0 radical (unpaired) electrons. The maximum atomic E-state index is 13.6. The van der Waals surface area contributed by atoms with E-state index in [2.05, 4.69) is 14.9 Å². The maximum Gasteiger partial charge on any atom is 0.273 e. The third-order valence-corrected chi connectivity index (χ3v) is 10.2. The SMILES string of the molecule is CCOCCN(c1cccc2cc(-c3ncc(CN(CCOC)CCOC)s3)[nH]c12)S(=O)(=O)c1cccs1. The lowest BCUT2D eigenvalue weighted by Gasteiger charge is -2.24. The van der Waals surface area contributed by atoms with Crippen molar-refractivity contribution >= 4 is 49.3 Å². The van der Waals surface area contributed by atoms with Crippen molar-refractivity contribution in [3.8, 4) is 10.7 Å². The van der Waals surface area contributed by atoms with E-state index >= 15 is 0 Å². The van der Waals surface area contributed by atoms with Gasteiger partial charge in [0.1, 0.15) is 9.22 Å². The molecule has 206 valence electrons. The Balaban J connectivity index is 1.64. The van der Waals surface area contributed by atoms with E-state index in [1.165, 1.54) is 15.6 Å². The van der Waals surface area contributed by atoms with Crippen molar-refractivity contribution in [1.29, 1.82) is 0 Å². The Morgan fingerprint density at radius 3 is 2.50 bits per heavy atom. The molecule has 38 heavy (non-hydrogen) atoms. The van der Waals surface area contributed by atoms with E-state index < -0.39 is 10.0 Å². The predicted molar refractivity (Wildman–Crippen MR) is 154 cm³/mol. The largest absolute Gasteiger partial charge is 0.383 e. The van der Waals surface area contributed by atoms with Crippen molar-refractivity contribution in [3.63, 3.8) is 0 Å². The molecule has 0 aliphatic carbocycles. The Hall–Kier alpha value is -2.32. The summed E-state index contributed by atoms with van der Waals surface area (Å²) in [5.74, 6) is 0. The van der Waals surface area contributed by atoms with Gasteiger partial charge in [0.05, 0.1) is 43.3 Å². The average molecular weight is 579 g/mol. The van der Waals surface area contributed by atoms with Crippen molar-refractivity contribution < 1.29 is 22.6 Å². The number of H-pyrrole nitrogens is 1. The summed E-state index contributed by atoms with van der Waals surface area (Å²) >= 11 is 2.82. The zero-order chi connectivity index (χ0) is 27.0. The van der Waals surface area contributed by atoms with Crippen LogP contribution in [0.25, 0.3) is 21.6 Å². The summed E-state index contributed by atoms with van der Waals surface area (Å²) in [6.07, 6.45) is 1.90. The first-order valence-electron chi connectivity index (χ1n) is 12.4. The standard InChI is InChI=1S/C26H34N4O5S3/c1-4-35-15-12-30(38(31,32)24-9-6-16-36-24)23-8-5-7-20-17-22(28-25(20)23)26-27-18-21(37-26)19-29(10-13-33-2)11-14-34-3/h5-9,16-18,28H,4,10-15,19H2,1-3H3. The molecule has 0 amide bonds. The van der Waals surface area contributed by atoms with Crippen molar-refractivity contribution in [1.82, 2.24) is 14.9 Å². The minimum atomic E-state index is -3.75. The van der Waals surface area contributed by atoms with E-state index in [-0.39, 0.29) is 6.54 Å². The zero-order valence-electron chi connectivity index (χ0n) is 21.9. The highest BCUT2D eigenvalue weighted by Gasteiger charge is 2.28. The lowest BCUT2D eigenvalue weighted by Crippen LogP contribution is -2.34. The first kappa shape index (κ1) is 28.7. The summed E-state index contributed by atoms with van der Waals surface area (Å²) in [4.78, 5) is 11.5. The lowest BCUT2D eigenvalue weighted by atomic mass is 10.2. The molecule has 4 rings (SSSR count). The second-order valence-electron chi connectivity index (χ2n) is 8.52. The summed E-state index contributed by atoms with van der Waals surface area (Å²) in [6, 6.07) is 11.1. The van der Waals surface area contributed by atoms with E-state index in [0.29, 0.717) is 36.3 Å². The van der Waals surface area contributed by atoms with E-state index in [4.69, 9.17) is 14.2 Å². The van der Waals surface area contributed by atoms with Gasteiger partial charge in [0.25, 0.3) is 10.0 Å². The number of nitrogens with one attached hydrogen (secondary N) is 1. The number of aromatic nitrogens is 2. The van der Waals surface area contributed by atoms with E-state index in [1.54, 1.807) is 43.1 Å². The molecule has 12 heteroatoms. The molecule has 0 spiro atoms. The molecular formula is C26H34N4O5S3. The van der Waals surface area contributed by atoms with Crippen molar-refractivity contribution in [2.24, 2.45) is 0 Å². The number of benzene rings is 1. The molecule has 0 unspecified atom stereocenters. The Kier molecular flexibility index (Phi) is 10.3. The molecule has 3 aromatic heterocycles. The van der Waals surface area contributed by atoms with Crippen LogP contribution in [-0.4, -0.2) is 83.6 Å². The van der Waals surface area contributed by atoms with Crippen LogP contribution in [0.2, 0.25) is 0 Å². The maximum absolute atomic E-state index is 13.6. The number of sulfonamides is 1. The fourth-order valence-corrected chi connectivity index (χ4v) is 7.57. The smallest absolute Gasteiger partial charge is 0.273 e. The highest BCUT2D eigenvalue weighted by Crippen LogP contribution is 2.35. The lowest BCUT2D eigenvalue weighted by molar-refractivity contribution is 0.111. The van der Waals surface area contributed by atoms with Gasteiger partial charge in [0.15, 0.2) is 0 Å². The Bertz CT molecular complexity index is 1380. The van der Waals surface area contributed by atoms with Gasteiger partial charge in [-0.2, -0.15) is 0 Å². The second-order valence-corrected chi connectivity index (χ2v) is 12.7. The van der Waals surface area contributed by atoms with Crippen LogP contribution < -0.4 is 4.31 Å². The summed E-state index contributed by atoms with van der Waals surface area (Å²) in [6.45, 7) is 6.57. The van der Waals surface area contributed by atoms with Crippen LogP contribution >= 0.6 is 22.7 Å². The highest BCUT2D eigenvalue weighted by molar-refractivity contribution is 7.94. The number of nitrogens with zero attached hydrogens (tertiary/aromatic N) is 3. The van der Waals surface area contributed by atoms with Crippen LogP contribution in [0.1, 0.15) is 11.8 Å². The second kappa shape index (κ2) is 13.7. The van der Waals surface area contributed by atoms with Crippen molar-refractivity contribution in [3.05, 3.63) is 52.9 Å². The third-order valence-electron chi connectivity index (χ3n) is 5.97. The number of fused-ring (bicyclic) bond motifs is 1. The predicted octanol–water partition coefficient (Wildman–Crippen LogP) is 4.68. The van der Waals surface area contributed by atoms with Gasteiger partial charge in [0.2, 0.25) is 0 Å². The normalized spacial score (nSPS) is 12.1. The van der Waals surface area contributed by atoms with Crippen molar-refractivity contribution in [2.75, 3.05) is 64.6 Å². The molecule has 0 saturated heterocycles. The minimum Gasteiger partial charge on any atom is -0.383 e. The van der Waals surface area contributed by atoms with E-state index in [0.717, 1.165) is 46.1 Å². The van der Waals surface area contributed by atoms with Gasteiger partial charge in [-0.1, -0.05) is 18.2 Å².